The summed E-state index contributed by atoms with van der Waals surface area (Å²) >= 11 is 0. The third-order valence-electron chi connectivity index (χ3n) is 13.5. The van der Waals surface area contributed by atoms with E-state index in [-0.39, 0.29) is 24.9 Å². The van der Waals surface area contributed by atoms with Gasteiger partial charge >= 0.3 is 5.97 Å². The number of amides is 1. The lowest BCUT2D eigenvalue weighted by molar-refractivity contribution is -0.870. The van der Waals surface area contributed by atoms with Crippen LogP contribution in [0.5, 0.6) is 0 Å². The fraction of sp³-hybridized carbons (Fsp3) is 0.839. The molecule has 0 aromatic rings. The monoisotopic (exact) mass is 1030 g/mol. The molecule has 1 amide bonds. The molecule has 3 unspecified atom stereocenters. The molecule has 9 nitrogen and oxygen atoms in total. The summed E-state index contributed by atoms with van der Waals surface area (Å²) in [5.41, 5.74) is 0. The molecule has 422 valence electrons. The Morgan fingerprint density at radius 2 is 0.847 bits per heavy atom. The fourth-order valence-electron chi connectivity index (χ4n) is 8.76. The third kappa shape index (κ3) is 52.8. The SMILES string of the molecule is CCCCC/C=C\C/C=C\C/C=C\CCCCCCC(=O)OC(/C=C/CCCCCCCCCCCC)C(COP(=O)([O-])OCC[N+](C)(C)C)NC(=O)CCCCCCCCCCCCCCCCCCC. The minimum atomic E-state index is -4.70. The topological polar surface area (TPSA) is 114 Å². The Morgan fingerprint density at radius 3 is 1.29 bits per heavy atom. The van der Waals surface area contributed by atoms with Crippen molar-refractivity contribution < 1.29 is 37.3 Å². The van der Waals surface area contributed by atoms with Crippen molar-refractivity contribution >= 4 is 19.7 Å². The van der Waals surface area contributed by atoms with Gasteiger partial charge in [0.1, 0.15) is 19.3 Å². The number of quaternary nitrogens is 1. The Bertz CT molecular complexity index is 1380. The molecule has 0 aliphatic heterocycles. The zero-order valence-electron chi connectivity index (χ0n) is 48.1. The number of carbonyl (C=O) groups is 2. The molecule has 0 radical (unpaired) electrons. The maximum Gasteiger partial charge on any atom is 0.306 e. The summed E-state index contributed by atoms with van der Waals surface area (Å²) in [7, 11) is 1.18. The van der Waals surface area contributed by atoms with E-state index in [1.807, 2.05) is 33.3 Å². The van der Waals surface area contributed by atoms with Crippen molar-refractivity contribution in [1.29, 1.82) is 0 Å². The van der Waals surface area contributed by atoms with E-state index < -0.39 is 26.6 Å². The second-order valence-corrected chi connectivity index (χ2v) is 23.3. The van der Waals surface area contributed by atoms with E-state index in [1.165, 1.54) is 167 Å². The zero-order chi connectivity index (χ0) is 52.9. The van der Waals surface area contributed by atoms with Gasteiger partial charge in [-0.15, -0.1) is 0 Å². The van der Waals surface area contributed by atoms with Gasteiger partial charge in [-0.05, 0) is 70.3 Å². The highest BCUT2D eigenvalue weighted by Crippen LogP contribution is 2.38. The lowest BCUT2D eigenvalue weighted by Crippen LogP contribution is -2.47. The highest BCUT2D eigenvalue weighted by Gasteiger charge is 2.27. The van der Waals surface area contributed by atoms with Crippen LogP contribution in [0.3, 0.4) is 0 Å². The normalized spacial score (nSPS) is 14.0. The number of phosphoric ester groups is 1. The van der Waals surface area contributed by atoms with Crippen molar-refractivity contribution in [3.8, 4) is 0 Å². The van der Waals surface area contributed by atoms with E-state index in [9.17, 15) is 19.0 Å². The van der Waals surface area contributed by atoms with Crippen LogP contribution in [-0.4, -0.2) is 69.4 Å². The van der Waals surface area contributed by atoms with Crippen molar-refractivity contribution in [2.45, 2.75) is 296 Å². The summed E-state index contributed by atoms with van der Waals surface area (Å²) < 4.78 is 30.3. The Balaban J connectivity index is 5.31. The molecule has 0 fully saturated rings. The van der Waals surface area contributed by atoms with Gasteiger partial charge in [-0.25, -0.2) is 0 Å². The highest BCUT2D eigenvalue weighted by atomic mass is 31.2. The lowest BCUT2D eigenvalue weighted by atomic mass is 10.0. The van der Waals surface area contributed by atoms with Crippen molar-refractivity contribution in [3.05, 3.63) is 48.6 Å². The molecule has 72 heavy (non-hydrogen) atoms. The van der Waals surface area contributed by atoms with Crippen LogP contribution < -0.4 is 10.2 Å². The molecule has 0 aromatic carbocycles. The molecular weight excluding hydrogens is 916 g/mol. The fourth-order valence-corrected chi connectivity index (χ4v) is 9.49. The average molecular weight is 1030 g/mol. The van der Waals surface area contributed by atoms with E-state index >= 15 is 0 Å². The smallest absolute Gasteiger partial charge is 0.306 e. The molecule has 0 aliphatic rings. The first-order valence-electron chi connectivity index (χ1n) is 30.4. The quantitative estimate of drug-likeness (QED) is 0.0212. The largest absolute Gasteiger partial charge is 0.756 e. The molecule has 10 heteroatoms. The van der Waals surface area contributed by atoms with Crippen LogP contribution in [-0.2, 0) is 27.9 Å². The van der Waals surface area contributed by atoms with Crippen LogP contribution in [0.25, 0.3) is 0 Å². The van der Waals surface area contributed by atoms with Crippen LogP contribution in [0, 0.1) is 0 Å². The second kappa shape index (κ2) is 52.4. The summed E-state index contributed by atoms with van der Waals surface area (Å²) in [6, 6.07) is -0.894. The molecule has 0 spiro atoms. The molecule has 0 aliphatic carbocycles. The minimum Gasteiger partial charge on any atom is -0.756 e. The van der Waals surface area contributed by atoms with Crippen molar-refractivity contribution in [1.82, 2.24) is 5.32 Å². The minimum absolute atomic E-state index is 0.0250. The standard InChI is InChI=1S/C62H117N2O7P/c1-7-10-13-16-19-22-25-28-30-32-34-36-39-42-45-48-51-54-61(65)63-59(58-70-72(67,68)69-57-56-64(4,5)6)60(53-50-47-44-41-38-27-24-21-18-15-12-9-3)71-62(66)55-52-49-46-43-40-37-35-33-31-29-26-23-20-17-14-11-8-2/h20,23,29,31,35,37,50,53,59-60H,7-19,21-22,24-28,30,32-34,36,38-49,51-52,54-58H2,1-6H3,(H-,63,65,67,68)/b23-20-,31-29-,37-35-,53-50+. The van der Waals surface area contributed by atoms with Crippen molar-refractivity contribution in [2.24, 2.45) is 0 Å². The van der Waals surface area contributed by atoms with Crippen LogP contribution in [0.4, 0.5) is 0 Å². The Kier molecular flexibility index (Phi) is 50.9. The Morgan fingerprint density at radius 1 is 0.486 bits per heavy atom. The van der Waals surface area contributed by atoms with Gasteiger partial charge in [0.25, 0.3) is 7.82 Å². The second-order valence-electron chi connectivity index (χ2n) is 21.9. The number of hydrogen-bond donors (Lipinski definition) is 1. The van der Waals surface area contributed by atoms with E-state index in [0.29, 0.717) is 23.9 Å². The summed E-state index contributed by atoms with van der Waals surface area (Å²) in [5, 5.41) is 3.02. The number of carbonyl (C=O) groups excluding carboxylic acids is 2. The average Bonchev–Trinajstić information content (AvgIpc) is 3.34. The summed E-state index contributed by atoms with van der Waals surface area (Å²) in [5.74, 6) is -0.557. The number of likely N-dealkylation sites (N-methyl/N-ethyl adjacent to an activating group) is 1. The number of hydrogen-bond acceptors (Lipinski definition) is 7. The number of nitrogens with zero attached hydrogens (tertiary/aromatic N) is 1. The maximum atomic E-state index is 13.5. The number of allylic oxidation sites excluding steroid dienone is 7. The van der Waals surface area contributed by atoms with Gasteiger partial charge in [0.2, 0.25) is 5.91 Å². The summed E-state index contributed by atoms with van der Waals surface area (Å²) in [6.07, 6.45) is 63.5. The van der Waals surface area contributed by atoms with E-state index in [0.717, 1.165) is 77.0 Å². The molecule has 3 atom stereocenters. The first-order valence-corrected chi connectivity index (χ1v) is 31.9. The molecular formula is C62H117N2O7P. The Labute approximate surface area is 446 Å². The van der Waals surface area contributed by atoms with Crippen molar-refractivity contribution in [2.75, 3.05) is 40.9 Å². The molecule has 1 N–H and O–H groups in total. The van der Waals surface area contributed by atoms with Gasteiger partial charge in [0, 0.05) is 12.8 Å². The van der Waals surface area contributed by atoms with E-state index in [4.69, 9.17) is 13.8 Å². The molecule has 0 bridgehead atoms. The number of ether oxygens (including phenoxy) is 1. The predicted octanol–water partition coefficient (Wildman–Crippen LogP) is 17.9. The van der Waals surface area contributed by atoms with Gasteiger partial charge in [-0.3, -0.25) is 14.2 Å². The predicted molar refractivity (Wildman–Crippen MR) is 307 cm³/mol. The number of phosphoric acid groups is 1. The van der Waals surface area contributed by atoms with Gasteiger partial charge < -0.3 is 28.5 Å². The van der Waals surface area contributed by atoms with E-state index in [2.05, 4.69) is 62.5 Å². The van der Waals surface area contributed by atoms with Crippen LogP contribution in [0.1, 0.15) is 284 Å². The van der Waals surface area contributed by atoms with Crippen LogP contribution in [0.2, 0.25) is 0 Å². The molecule has 0 aromatic heterocycles. The van der Waals surface area contributed by atoms with Crippen LogP contribution >= 0.6 is 7.82 Å². The number of esters is 1. The first kappa shape index (κ1) is 70.0. The van der Waals surface area contributed by atoms with Crippen molar-refractivity contribution in [3.63, 3.8) is 0 Å². The van der Waals surface area contributed by atoms with Gasteiger partial charge in [0.15, 0.2) is 0 Å². The van der Waals surface area contributed by atoms with Gasteiger partial charge in [-0.1, -0.05) is 250 Å². The number of unbranched alkanes of at least 4 members (excludes halogenated alkanes) is 33. The Hall–Kier alpha value is -2.03. The number of nitrogens with one attached hydrogen (secondary N) is 1. The molecule has 0 heterocycles. The van der Waals surface area contributed by atoms with Gasteiger partial charge in [0.05, 0.1) is 33.8 Å². The van der Waals surface area contributed by atoms with E-state index in [1.54, 1.807) is 0 Å². The molecule has 0 saturated heterocycles. The lowest BCUT2D eigenvalue weighted by Gasteiger charge is -2.30. The molecule has 0 rings (SSSR count). The highest BCUT2D eigenvalue weighted by molar-refractivity contribution is 7.45. The summed E-state index contributed by atoms with van der Waals surface area (Å²) in [6.45, 7) is 6.82. The third-order valence-corrected chi connectivity index (χ3v) is 14.5. The molecule has 0 saturated carbocycles. The zero-order valence-corrected chi connectivity index (χ0v) is 49.0. The first-order chi connectivity index (χ1) is 34.9. The number of rotatable bonds is 55. The summed E-state index contributed by atoms with van der Waals surface area (Å²) in [4.78, 5) is 39.9. The van der Waals surface area contributed by atoms with Gasteiger partial charge in [-0.2, -0.15) is 0 Å². The maximum absolute atomic E-state index is 13.5. The van der Waals surface area contributed by atoms with Crippen LogP contribution in [0.15, 0.2) is 48.6 Å².